The third kappa shape index (κ3) is 5.21. The highest BCUT2D eigenvalue weighted by Crippen LogP contribution is 2.23. The standard InChI is InChI=1S/C22H24N4O3S/c1-15-13-14-23-21(24-15)26-30(28,29)19-11-9-18(10-12-19)25-20(27)16-5-7-17(8-6-16)22(2,3)4/h5-14H,1-4H3,(H,25,27)(H,23,24,26). The van der Waals surface area contributed by atoms with E-state index < -0.39 is 10.0 Å². The monoisotopic (exact) mass is 424 g/mol. The molecule has 8 heteroatoms. The van der Waals surface area contributed by atoms with Crippen molar-refractivity contribution in [3.8, 4) is 0 Å². The van der Waals surface area contributed by atoms with Gasteiger partial charge in [-0.05, 0) is 60.4 Å². The highest BCUT2D eigenvalue weighted by Gasteiger charge is 2.17. The van der Waals surface area contributed by atoms with E-state index in [0.29, 0.717) is 16.9 Å². The molecule has 0 atom stereocenters. The Morgan fingerprint density at radius 3 is 2.13 bits per heavy atom. The fourth-order valence-electron chi connectivity index (χ4n) is 2.72. The molecule has 30 heavy (non-hydrogen) atoms. The SMILES string of the molecule is Cc1ccnc(NS(=O)(=O)c2ccc(NC(=O)c3ccc(C(C)(C)C)cc3)cc2)n1. The van der Waals surface area contributed by atoms with Crippen LogP contribution in [0.3, 0.4) is 0 Å². The number of amides is 1. The summed E-state index contributed by atoms with van der Waals surface area (Å²) in [6.45, 7) is 8.07. The predicted molar refractivity (Wildman–Crippen MR) is 117 cm³/mol. The molecule has 3 aromatic rings. The van der Waals surface area contributed by atoms with Gasteiger partial charge in [-0.3, -0.25) is 4.79 Å². The smallest absolute Gasteiger partial charge is 0.264 e. The maximum Gasteiger partial charge on any atom is 0.264 e. The van der Waals surface area contributed by atoms with E-state index in [9.17, 15) is 13.2 Å². The Kier molecular flexibility index (Phi) is 5.89. The van der Waals surface area contributed by atoms with E-state index in [1.54, 1.807) is 25.1 Å². The van der Waals surface area contributed by atoms with Crippen molar-refractivity contribution in [1.82, 2.24) is 9.97 Å². The largest absolute Gasteiger partial charge is 0.322 e. The Morgan fingerprint density at radius 2 is 1.57 bits per heavy atom. The number of hydrogen-bond acceptors (Lipinski definition) is 5. The minimum Gasteiger partial charge on any atom is -0.322 e. The molecule has 156 valence electrons. The number of anilines is 2. The summed E-state index contributed by atoms with van der Waals surface area (Å²) in [6, 6.07) is 15.0. The highest BCUT2D eigenvalue weighted by molar-refractivity contribution is 7.92. The Morgan fingerprint density at radius 1 is 0.933 bits per heavy atom. The summed E-state index contributed by atoms with van der Waals surface area (Å²) < 4.78 is 27.3. The maximum atomic E-state index is 12.5. The van der Waals surface area contributed by atoms with Gasteiger partial charge in [-0.15, -0.1) is 0 Å². The molecule has 0 aliphatic carbocycles. The molecule has 0 spiro atoms. The zero-order valence-corrected chi connectivity index (χ0v) is 18.1. The summed E-state index contributed by atoms with van der Waals surface area (Å²) in [6.07, 6.45) is 1.48. The second-order valence-corrected chi connectivity index (χ2v) is 9.62. The summed E-state index contributed by atoms with van der Waals surface area (Å²) in [5.74, 6) is -0.261. The first-order valence-electron chi connectivity index (χ1n) is 9.39. The van der Waals surface area contributed by atoms with Crippen LogP contribution in [-0.4, -0.2) is 24.3 Å². The van der Waals surface area contributed by atoms with E-state index in [1.807, 2.05) is 12.1 Å². The van der Waals surface area contributed by atoms with E-state index in [0.717, 1.165) is 5.56 Å². The van der Waals surface area contributed by atoms with Crippen molar-refractivity contribution in [1.29, 1.82) is 0 Å². The Labute approximate surface area is 176 Å². The highest BCUT2D eigenvalue weighted by atomic mass is 32.2. The molecule has 0 unspecified atom stereocenters. The lowest BCUT2D eigenvalue weighted by Gasteiger charge is -2.19. The second-order valence-electron chi connectivity index (χ2n) is 7.93. The van der Waals surface area contributed by atoms with E-state index in [2.05, 4.69) is 40.8 Å². The Hall–Kier alpha value is -3.26. The van der Waals surface area contributed by atoms with E-state index in [1.165, 1.54) is 30.5 Å². The number of hydrogen-bond donors (Lipinski definition) is 2. The summed E-state index contributed by atoms with van der Waals surface area (Å²) in [5.41, 5.74) is 2.81. The topological polar surface area (TPSA) is 101 Å². The first-order valence-corrected chi connectivity index (χ1v) is 10.9. The number of benzene rings is 2. The molecule has 0 fully saturated rings. The number of rotatable bonds is 5. The number of carbonyl (C=O) groups is 1. The molecule has 0 radical (unpaired) electrons. The molecule has 0 bridgehead atoms. The average molecular weight is 425 g/mol. The molecule has 0 saturated heterocycles. The minimum absolute atomic E-state index is 0.00563. The first kappa shape index (κ1) is 21.4. The molecule has 0 aliphatic heterocycles. The lowest BCUT2D eigenvalue weighted by Crippen LogP contribution is -2.16. The van der Waals surface area contributed by atoms with E-state index in [-0.39, 0.29) is 22.2 Å². The second kappa shape index (κ2) is 8.23. The molecule has 2 aromatic carbocycles. The third-order valence-electron chi connectivity index (χ3n) is 4.46. The zero-order chi connectivity index (χ0) is 21.9. The van der Waals surface area contributed by atoms with Gasteiger partial charge in [0, 0.05) is 23.1 Å². The van der Waals surface area contributed by atoms with Crippen LogP contribution in [-0.2, 0) is 15.4 Å². The van der Waals surface area contributed by atoms with Gasteiger partial charge in [0.2, 0.25) is 5.95 Å². The van der Waals surface area contributed by atoms with Crippen LogP contribution >= 0.6 is 0 Å². The Balaban J connectivity index is 1.70. The van der Waals surface area contributed by atoms with Crippen LogP contribution in [0.4, 0.5) is 11.6 Å². The Bertz CT molecular complexity index is 1150. The average Bonchev–Trinajstić information content (AvgIpc) is 2.67. The van der Waals surface area contributed by atoms with Gasteiger partial charge in [-0.1, -0.05) is 32.9 Å². The van der Waals surface area contributed by atoms with Crippen LogP contribution < -0.4 is 10.0 Å². The van der Waals surface area contributed by atoms with Crippen molar-refractivity contribution in [3.63, 3.8) is 0 Å². The van der Waals surface area contributed by atoms with E-state index in [4.69, 9.17) is 0 Å². The van der Waals surface area contributed by atoms with Crippen molar-refractivity contribution in [2.75, 3.05) is 10.0 Å². The molecule has 0 aliphatic rings. The van der Waals surface area contributed by atoms with Crippen LogP contribution in [0.1, 0.15) is 42.4 Å². The van der Waals surface area contributed by atoms with E-state index >= 15 is 0 Å². The summed E-state index contributed by atoms with van der Waals surface area (Å²) in [4.78, 5) is 20.5. The van der Waals surface area contributed by atoms with Gasteiger partial charge in [-0.25, -0.2) is 23.1 Å². The number of aryl methyl sites for hydroxylation is 1. The molecular weight excluding hydrogens is 400 g/mol. The minimum atomic E-state index is -3.83. The third-order valence-corrected chi connectivity index (χ3v) is 5.80. The fourth-order valence-corrected chi connectivity index (χ4v) is 3.67. The summed E-state index contributed by atoms with van der Waals surface area (Å²) >= 11 is 0. The van der Waals surface area contributed by atoms with Crippen molar-refractivity contribution in [2.45, 2.75) is 38.0 Å². The quantitative estimate of drug-likeness (QED) is 0.641. The lowest BCUT2D eigenvalue weighted by molar-refractivity contribution is 0.102. The maximum absolute atomic E-state index is 12.5. The number of nitrogens with zero attached hydrogens (tertiary/aromatic N) is 2. The van der Waals surface area contributed by atoms with Crippen LogP contribution in [0, 0.1) is 6.92 Å². The molecule has 1 amide bonds. The molecule has 1 heterocycles. The molecule has 0 saturated carbocycles. The molecule has 7 nitrogen and oxygen atoms in total. The zero-order valence-electron chi connectivity index (χ0n) is 17.3. The van der Waals surface area contributed by atoms with Crippen LogP contribution in [0.25, 0.3) is 0 Å². The lowest BCUT2D eigenvalue weighted by atomic mass is 9.87. The molecule has 3 rings (SSSR count). The van der Waals surface area contributed by atoms with Gasteiger partial charge in [0.05, 0.1) is 4.90 Å². The van der Waals surface area contributed by atoms with Crippen LogP contribution in [0.15, 0.2) is 65.7 Å². The first-order chi connectivity index (χ1) is 14.0. The molecule has 1 aromatic heterocycles. The van der Waals surface area contributed by atoms with Gasteiger partial charge in [-0.2, -0.15) is 0 Å². The predicted octanol–water partition coefficient (Wildman–Crippen LogP) is 4.14. The summed E-state index contributed by atoms with van der Waals surface area (Å²) in [7, 11) is -3.83. The summed E-state index contributed by atoms with van der Waals surface area (Å²) in [5, 5.41) is 2.77. The van der Waals surface area contributed by atoms with Crippen LogP contribution in [0.5, 0.6) is 0 Å². The van der Waals surface area contributed by atoms with Gasteiger partial charge >= 0.3 is 0 Å². The molecular formula is C22H24N4O3S. The van der Waals surface area contributed by atoms with Crippen molar-refractivity contribution in [3.05, 3.63) is 77.6 Å². The number of carbonyl (C=O) groups excluding carboxylic acids is 1. The number of sulfonamides is 1. The normalized spacial score (nSPS) is 11.7. The number of aromatic nitrogens is 2. The van der Waals surface area contributed by atoms with Crippen molar-refractivity contribution >= 4 is 27.6 Å². The van der Waals surface area contributed by atoms with Crippen molar-refractivity contribution < 1.29 is 13.2 Å². The van der Waals surface area contributed by atoms with Crippen LogP contribution in [0.2, 0.25) is 0 Å². The van der Waals surface area contributed by atoms with Crippen molar-refractivity contribution in [2.24, 2.45) is 0 Å². The van der Waals surface area contributed by atoms with Gasteiger partial charge < -0.3 is 5.32 Å². The number of nitrogens with one attached hydrogen (secondary N) is 2. The van der Waals surface area contributed by atoms with Gasteiger partial charge in [0.15, 0.2) is 0 Å². The van der Waals surface area contributed by atoms with Gasteiger partial charge in [0.1, 0.15) is 0 Å². The van der Waals surface area contributed by atoms with Gasteiger partial charge in [0.25, 0.3) is 15.9 Å². The molecule has 2 N–H and O–H groups in total. The fraction of sp³-hybridized carbons (Fsp3) is 0.227.